The van der Waals surface area contributed by atoms with Crippen molar-refractivity contribution in [3.05, 3.63) is 11.1 Å². The Labute approximate surface area is 164 Å². The number of halogens is 2. The van der Waals surface area contributed by atoms with Crippen LogP contribution in [0.5, 0.6) is 0 Å². The lowest BCUT2D eigenvalue weighted by molar-refractivity contribution is -0.130. The summed E-state index contributed by atoms with van der Waals surface area (Å²) in [6.07, 6.45) is 5.31. The first-order chi connectivity index (χ1) is 11.2. The number of thiazole rings is 1. The second-order valence-corrected chi connectivity index (χ2v) is 7.55. The van der Waals surface area contributed by atoms with Gasteiger partial charge in [-0.15, -0.1) is 36.2 Å². The summed E-state index contributed by atoms with van der Waals surface area (Å²) >= 11 is 1.47. The number of likely N-dealkylation sites (tertiary alicyclic amines) is 1. The van der Waals surface area contributed by atoms with E-state index in [1.807, 2.05) is 10.3 Å². The van der Waals surface area contributed by atoms with Gasteiger partial charge < -0.3 is 10.2 Å². The number of hydrogen-bond donors (Lipinski definition) is 1. The van der Waals surface area contributed by atoms with Crippen molar-refractivity contribution < 1.29 is 9.59 Å². The molecule has 2 bridgehead atoms. The van der Waals surface area contributed by atoms with E-state index in [0.717, 1.165) is 43.3 Å². The maximum atomic E-state index is 12.6. The molecule has 1 aromatic heterocycles. The van der Waals surface area contributed by atoms with Crippen molar-refractivity contribution in [1.29, 1.82) is 0 Å². The lowest BCUT2D eigenvalue weighted by Crippen LogP contribution is -2.39. The summed E-state index contributed by atoms with van der Waals surface area (Å²) < 4.78 is 0. The SMILES string of the molecule is Cl.Cl.O=C(Cc1csc(N2CCCC2=O)n1)N1CCC2CCC(C1)N2. The van der Waals surface area contributed by atoms with Gasteiger partial charge in [0.15, 0.2) is 5.13 Å². The highest BCUT2D eigenvalue weighted by Crippen LogP contribution is 2.26. The largest absolute Gasteiger partial charge is 0.341 e. The highest BCUT2D eigenvalue weighted by molar-refractivity contribution is 7.14. The molecule has 2 unspecified atom stereocenters. The molecule has 1 N–H and O–H groups in total. The summed E-state index contributed by atoms with van der Waals surface area (Å²) in [6.45, 7) is 2.41. The van der Waals surface area contributed by atoms with Crippen molar-refractivity contribution in [3.63, 3.8) is 0 Å². The Morgan fingerprint density at radius 3 is 2.80 bits per heavy atom. The smallest absolute Gasteiger partial charge is 0.228 e. The molecule has 25 heavy (non-hydrogen) atoms. The Kier molecular flexibility index (Phi) is 7.08. The number of hydrogen-bond acceptors (Lipinski definition) is 5. The van der Waals surface area contributed by atoms with Crippen LogP contribution in [0.3, 0.4) is 0 Å². The molecular formula is C16H24Cl2N4O2S. The van der Waals surface area contributed by atoms with Gasteiger partial charge in [-0.3, -0.25) is 14.5 Å². The Hall–Kier alpha value is -0.890. The van der Waals surface area contributed by atoms with Crippen LogP contribution < -0.4 is 10.2 Å². The van der Waals surface area contributed by atoms with Gasteiger partial charge in [0.25, 0.3) is 0 Å². The van der Waals surface area contributed by atoms with Crippen LogP contribution in [0.25, 0.3) is 0 Å². The van der Waals surface area contributed by atoms with Gasteiger partial charge in [-0.25, -0.2) is 4.98 Å². The van der Waals surface area contributed by atoms with Gasteiger partial charge in [0.2, 0.25) is 11.8 Å². The maximum absolute atomic E-state index is 12.6. The van der Waals surface area contributed by atoms with Crippen molar-refractivity contribution in [2.45, 2.75) is 50.6 Å². The molecule has 4 rings (SSSR count). The normalized spacial score (nSPS) is 25.4. The number of nitrogens with zero attached hydrogens (tertiary/aromatic N) is 3. The monoisotopic (exact) mass is 406 g/mol. The zero-order chi connectivity index (χ0) is 15.8. The summed E-state index contributed by atoms with van der Waals surface area (Å²) in [5, 5.41) is 6.26. The predicted octanol–water partition coefficient (Wildman–Crippen LogP) is 2.01. The average Bonchev–Trinajstić information content (AvgIpc) is 3.20. The standard InChI is InChI=1S/C16H22N4O2S.2ClH/c21-14-2-1-6-20(14)16-18-13(10-23-16)8-15(22)19-7-5-11-3-4-12(9-19)17-11;;/h10-12,17H,1-9H2;2*1H. The molecule has 3 saturated heterocycles. The Balaban J connectivity index is 0.00000113. The van der Waals surface area contributed by atoms with Gasteiger partial charge in [0.05, 0.1) is 12.1 Å². The van der Waals surface area contributed by atoms with Crippen LogP contribution in [-0.2, 0) is 16.0 Å². The van der Waals surface area contributed by atoms with Gasteiger partial charge in [-0.2, -0.15) is 0 Å². The molecule has 3 aliphatic rings. The zero-order valence-electron chi connectivity index (χ0n) is 14.0. The number of anilines is 1. The van der Waals surface area contributed by atoms with Crippen LogP contribution in [-0.4, -0.2) is 53.4 Å². The first-order valence-electron chi connectivity index (χ1n) is 8.47. The summed E-state index contributed by atoms with van der Waals surface area (Å²) in [6, 6.07) is 1.05. The van der Waals surface area contributed by atoms with Gasteiger partial charge in [-0.05, 0) is 25.7 Å². The van der Waals surface area contributed by atoms with Crippen LogP contribution in [0, 0.1) is 0 Å². The third-order valence-electron chi connectivity index (χ3n) is 5.05. The third-order valence-corrected chi connectivity index (χ3v) is 5.96. The van der Waals surface area contributed by atoms with Gasteiger partial charge in [0.1, 0.15) is 0 Å². The number of rotatable bonds is 3. The molecule has 0 saturated carbocycles. The van der Waals surface area contributed by atoms with E-state index in [1.54, 1.807) is 4.90 Å². The molecule has 2 atom stereocenters. The molecule has 0 aliphatic carbocycles. The number of fused-ring (bicyclic) bond motifs is 2. The molecule has 0 radical (unpaired) electrons. The summed E-state index contributed by atoms with van der Waals surface area (Å²) in [5.41, 5.74) is 0.789. The molecule has 140 valence electrons. The van der Waals surface area contributed by atoms with Gasteiger partial charge in [-0.1, -0.05) is 0 Å². The van der Waals surface area contributed by atoms with Crippen LogP contribution >= 0.6 is 36.2 Å². The van der Waals surface area contributed by atoms with E-state index in [0.29, 0.717) is 24.9 Å². The van der Waals surface area contributed by atoms with Crippen LogP contribution in [0.4, 0.5) is 5.13 Å². The Morgan fingerprint density at radius 2 is 2.04 bits per heavy atom. The molecule has 0 spiro atoms. The van der Waals surface area contributed by atoms with Gasteiger partial charge >= 0.3 is 0 Å². The molecule has 6 nitrogen and oxygen atoms in total. The fourth-order valence-electron chi connectivity index (χ4n) is 3.79. The lowest BCUT2D eigenvalue weighted by Gasteiger charge is -2.24. The molecule has 3 aliphatic heterocycles. The number of carbonyl (C=O) groups excluding carboxylic acids is 2. The molecule has 9 heteroatoms. The average molecular weight is 407 g/mol. The first kappa shape index (κ1) is 20.4. The highest BCUT2D eigenvalue weighted by atomic mass is 35.5. The summed E-state index contributed by atoms with van der Waals surface area (Å²) in [7, 11) is 0. The minimum atomic E-state index is 0. The van der Waals surface area contributed by atoms with E-state index in [1.165, 1.54) is 24.2 Å². The lowest BCUT2D eigenvalue weighted by atomic mass is 10.1. The van der Waals surface area contributed by atoms with E-state index in [9.17, 15) is 9.59 Å². The first-order valence-corrected chi connectivity index (χ1v) is 9.35. The van der Waals surface area contributed by atoms with Crippen LogP contribution in [0.15, 0.2) is 5.38 Å². The highest BCUT2D eigenvalue weighted by Gasteiger charge is 2.31. The van der Waals surface area contributed by atoms with E-state index >= 15 is 0 Å². The van der Waals surface area contributed by atoms with E-state index in [4.69, 9.17) is 0 Å². The number of aromatic nitrogens is 1. The summed E-state index contributed by atoms with van der Waals surface area (Å²) in [4.78, 5) is 32.6. The predicted molar refractivity (Wildman–Crippen MR) is 103 cm³/mol. The summed E-state index contributed by atoms with van der Waals surface area (Å²) in [5.74, 6) is 0.302. The molecular weight excluding hydrogens is 383 g/mol. The van der Waals surface area contributed by atoms with Crippen molar-refractivity contribution >= 4 is 53.1 Å². The molecule has 1 aromatic rings. The Bertz CT molecular complexity index is 627. The van der Waals surface area contributed by atoms with Crippen molar-refractivity contribution in [2.24, 2.45) is 0 Å². The minimum Gasteiger partial charge on any atom is -0.341 e. The zero-order valence-corrected chi connectivity index (χ0v) is 16.4. The molecule has 3 fully saturated rings. The van der Waals surface area contributed by atoms with Crippen LogP contribution in [0.1, 0.15) is 37.8 Å². The third kappa shape index (κ3) is 4.45. The van der Waals surface area contributed by atoms with E-state index in [2.05, 4.69) is 10.3 Å². The second-order valence-electron chi connectivity index (χ2n) is 6.71. The second kappa shape index (κ2) is 8.66. The van der Waals surface area contributed by atoms with Crippen molar-refractivity contribution in [1.82, 2.24) is 15.2 Å². The molecule has 2 amide bonds. The van der Waals surface area contributed by atoms with Crippen molar-refractivity contribution in [3.8, 4) is 0 Å². The number of nitrogens with one attached hydrogen (secondary N) is 1. The quantitative estimate of drug-likeness (QED) is 0.833. The van der Waals surface area contributed by atoms with Crippen LogP contribution in [0.2, 0.25) is 0 Å². The maximum Gasteiger partial charge on any atom is 0.228 e. The topological polar surface area (TPSA) is 65.5 Å². The Morgan fingerprint density at radius 1 is 1.24 bits per heavy atom. The minimum absolute atomic E-state index is 0. The molecule has 0 aromatic carbocycles. The fraction of sp³-hybridized carbons (Fsp3) is 0.688. The van der Waals surface area contributed by atoms with E-state index < -0.39 is 0 Å². The van der Waals surface area contributed by atoms with E-state index in [-0.39, 0.29) is 36.6 Å². The number of carbonyl (C=O) groups is 2. The van der Waals surface area contributed by atoms with Crippen molar-refractivity contribution in [2.75, 3.05) is 24.5 Å². The number of amides is 2. The molecule has 4 heterocycles. The fourth-order valence-corrected chi connectivity index (χ4v) is 4.66. The van der Waals surface area contributed by atoms with Gasteiger partial charge in [0, 0.05) is 43.5 Å².